The Kier molecular flexibility index (Phi) is 9.04. The molecule has 0 aliphatic carbocycles. The number of alkyl halides is 4. The van der Waals surface area contributed by atoms with Crippen LogP contribution in [0.15, 0.2) is 60.0 Å². The number of anilines is 2. The second kappa shape index (κ2) is 12.1. The van der Waals surface area contributed by atoms with Crippen LogP contribution in [-0.2, 0) is 16.1 Å². The molecule has 1 aromatic heterocycles. The van der Waals surface area contributed by atoms with Crippen LogP contribution in [0.1, 0.15) is 24.2 Å². The van der Waals surface area contributed by atoms with Gasteiger partial charge in [-0.05, 0) is 69.3 Å². The quantitative estimate of drug-likeness (QED) is 0.187. The van der Waals surface area contributed by atoms with Crippen LogP contribution in [0.5, 0.6) is 0 Å². The number of nitrogens with one attached hydrogen (secondary N) is 3. The topological polar surface area (TPSA) is 81.1 Å². The minimum Gasteiger partial charge on any atom is -0.385 e. The minimum atomic E-state index is -4.63. The van der Waals surface area contributed by atoms with Crippen molar-refractivity contribution in [2.45, 2.75) is 36.5 Å². The molecule has 40 heavy (non-hydrogen) atoms. The third-order valence-corrected chi connectivity index (χ3v) is 8.40. The smallest absolute Gasteiger partial charge is 0.385 e. The normalized spacial score (nSPS) is 19.8. The van der Waals surface area contributed by atoms with Crippen LogP contribution < -0.4 is 10.6 Å². The van der Waals surface area contributed by atoms with Gasteiger partial charge >= 0.3 is 6.18 Å². The molecule has 216 valence electrons. The van der Waals surface area contributed by atoms with E-state index in [4.69, 9.17) is 4.78 Å². The van der Waals surface area contributed by atoms with Crippen LogP contribution in [0, 0.1) is 10.7 Å². The average Bonchev–Trinajstić information content (AvgIpc) is 2.89. The van der Waals surface area contributed by atoms with Gasteiger partial charge in [0, 0.05) is 64.5 Å². The second-order valence-corrected chi connectivity index (χ2v) is 12.6. The zero-order valence-electron chi connectivity index (χ0n) is 22.7. The van der Waals surface area contributed by atoms with Crippen LogP contribution in [-0.4, -0.2) is 65.9 Å². The van der Waals surface area contributed by atoms with Gasteiger partial charge in [-0.15, -0.1) is 0 Å². The van der Waals surface area contributed by atoms with E-state index < -0.39 is 27.7 Å². The summed E-state index contributed by atoms with van der Waals surface area (Å²) in [6.45, 7) is 5.39. The fourth-order valence-electron chi connectivity index (χ4n) is 4.89. The number of piperidine rings is 1. The van der Waals surface area contributed by atoms with Crippen LogP contribution in [0.4, 0.5) is 28.9 Å². The minimum absolute atomic E-state index is 0.178. The van der Waals surface area contributed by atoms with Crippen LogP contribution >= 0.6 is 0 Å². The highest BCUT2D eigenvalue weighted by Crippen LogP contribution is 2.37. The van der Waals surface area contributed by atoms with Crippen molar-refractivity contribution in [1.82, 2.24) is 9.88 Å². The number of aromatic nitrogens is 1. The maximum absolute atomic E-state index is 14.6. The number of hydrogen-bond acceptors (Lipinski definition) is 6. The highest BCUT2D eigenvalue weighted by Gasteiger charge is 2.35. The summed E-state index contributed by atoms with van der Waals surface area (Å²) < 4.78 is 75.3. The fourth-order valence-corrected chi connectivity index (χ4v) is 5.54. The maximum atomic E-state index is 14.6. The van der Waals surface area contributed by atoms with Gasteiger partial charge in [-0.3, -0.25) is 4.98 Å². The van der Waals surface area contributed by atoms with Gasteiger partial charge in [0.25, 0.3) is 0 Å². The van der Waals surface area contributed by atoms with E-state index in [0.29, 0.717) is 65.9 Å². The van der Waals surface area contributed by atoms with E-state index in [2.05, 4.69) is 22.2 Å². The Hall–Kier alpha value is -3.18. The summed E-state index contributed by atoms with van der Waals surface area (Å²) in [6, 6.07) is 13.7. The van der Waals surface area contributed by atoms with Crippen molar-refractivity contribution < 1.29 is 21.8 Å². The first kappa shape index (κ1) is 29.8. The molecule has 3 aromatic rings. The summed E-state index contributed by atoms with van der Waals surface area (Å²) in [5.41, 5.74) is 0.728. The molecule has 0 bridgehead atoms. The van der Waals surface area contributed by atoms with Gasteiger partial charge in [0.2, 0.25) is 0 Å². The number of halogens is 4. The third-order valence-electron chi connectivity index (χ3n) is 7.23. The molecule has 2 aromatic carbocycles. The lowest BCUT2D eigenvalue weighted by Crippen LogP contribution is -2.41. The molecule has 6 nitrogen and oxygen atoms in total. The number of hydrogen-bond donors (Lipinski definition) is 3. The largest absolute Gasteiger partial charge is 0.417 e. The number of allylic oxidation sites excluding steroid dienone is 1. The van der Waals surface area contributed by atoms with Crippen molar-refractivity contribution in [2.24, 2.45) is 5.92 Å². The molecule has 1 saturated heterocycles. The molecule has 4 rings (SSSR count). The molecule has 1 fully saturated rings. The van der Waals surface area contributed by atoms with Crippen molar-refractivity contribution in [3.63, 3.8) is 0 Å². The summed E-state index contributed by atoms with van der Waals surface area (Å²) in [4.78, 5) is 6.77. The Bertz CT molecular complexity index is 1460. The molecule has 2 heterocycles. The molecule has 0 saturated carbocycles. The van der Waals surface area contributed by atoms with E-state index in [9.17, 15) is 21.8 Å². The Balaban J connectivity index is 1.52. The SMILES string of the molecule is C=C(c1nc(CCCNc2ccc(S(C)(=N)=O)cc2)cc2c(NCC3CCN(C)C[C@@H]3F)cccc12)C(F)(F)F. The molecule has 0 amide bonds. The van der Waals surface area contributed by atoms with E-state index in [1.165, 1.54) is 6.26 Å². The molecular formula is C29H35F4N5OS. The molecule has 0 radical (unpaired) electrons. The molecule has 0 spiro atoms. The predicted molar refractivity (Wildman–Crippen MR) is 154 cm³/mol. The Morgan fingerprint density at radius 1 is 1.18 bits per heavy atom. The van der Waals surface area contributed by atoms with Gasteiger partial charge in [0.1, 0.15) is 6.17 Å². The van der Waals surface area contributed by atoms with Crippen molar-refractivity contribution in [1.29, 1.82) is 4.78 Å². The van der Waals surface area contributed by atoms with E-state index in [0.717, 1.165) is 12.2 Å². The number of fused-ring (bicyclic) bond motifs is 1. The first-order valence-electron chi connectivity index (χ1n) is 13.2. The van der Waals surface area contributed by atoms with E-state index in [-0.39, 0.29) is 11.6 Å². The van der Waals surface area contributed by atoms with Crippen LogP contribution in [0.2, 0.25) is 0 Å². The standard InChI is InChI=1S/C29H35F4N5OS/c1-19(29(31,32)33)28-24-7-4-8-27(36-17-20-13-15-38(2)18-26(20)30)25(24)16-22(37-28)6-5-14-35-21-9-11-23(12-10-21)40(3,34)39/h4,7-12,16,20,26,34-36H,1,5-6,13-15,17-18H2,2-3H3/t20?,26-,40?/m0/s1. The van der Waals surface area contributed by atoms with E-state index in [1.807, 2.05) is 11.9 Å². The summed E-state index contributed by atoms with van der Waals surface area (Å²) in [5.74, 6) is -0.178. The first-order valence-corrected chi connectivity index (χ1v) is 15.1. The molecule has 11 heteroatoms. The highest BCUT2D eigenvalue weighted by atomic mass is 32.2. The first-order chi connectivity index (χ1) is 18.8. The van der Waals surface area contributed by atoms with Gasteiger partial charge in [-0.2, -0.15) is 13.2 Å². The molecule has 1 aliphatic heterocycles. The lowest BCUT2D eigenvalue weighted by Gasteiger charge is -2.32. The Morgan fingerprint density at radius 2 is 1.90 bits per heavy atom. The van der Waals surface area contributed by atoms with Gasteiger partial charge in [0.15, 0.2) is 0 Å². The lowest BCUT2D eigenvalue weighted by atomic mass is 9.94. The van der Waals surface area contributed by atoms with Crippen molar-refractivity contribution in [2.75, 3.05) is 50.1 Å². The van der Waals surface area contributed by atoms with Gasteiger partial charge in [-0.1, -0.05) is 18.7 Å². The van der Waals surface area contributed by atoms with Gasteiger partial charge in [0.05, 0.1) is 21.0 Å². The summed E-state index contributed by atoms with van der Waals surface area (Å²) in [7, 11) is -0.901. The van der Waals surface area contributed by atoms with Crippen LogP contribution in [0.25, 0.3) is 16.3 Å². The Morgan fingerprint density at radius 3 is 2.55 bits per heavy atom. The number of nitrogens with zero attached hydrogens (tertiary/aromatic N) is 2. The van der Waals surface area contributed by atoms with E-state index >= 15 is 0 Å². The van der Waals surface area contributed by atoms with Gasteiger partial charge < -0.3 is 15.5 Å². The Labute approximate surface area is 232 Å². The molecule has 1 aliphatic rings. The number of pyridine rings is 1. The average molecular weight is 578 g/mol. The second-order valence-electron chi connectivity index (χ2n) is 10.4. The molecule has 3 atom stereocenters. The van der Waals surface area contributed by atoms with Crippen molar-refractivity contribution in [3.05, 3.63) is 66.5 Å². The van der Waals surface area contributed by atoms with E-state index in [1.54, 1.807) is 48.5 Å². The molecule has 2 unspecified atom stereocenters. The zero-order valence-corrected chi connectivity index (χ0v) is 23.5. The fraction of sp³-hybridized carbons (Fsp3) is 0.414. The summed E-state index contributed by atoms with van der Waals surface area (Å²) in [5, 5.41) is 7.47. The van der Waals surface area contributed by atoms with Crippen molar-refractivity contribution in [3.8, 4) is 0 Å². The van der Waals surface area contributed by atoms with Gasteiger partial charge in [-0.25, -0.2) is 13.4 Å². The molecular weight excluding hydrogens is 542 g/mol. The van der Waals surface area contributed by atoms with Crippen LogP contribution in [0.3, 0.4) is 0 Å². The predicted octanol–water partition coefficient (Wildman–Crippen LogP) is 6.59. The zero-order chi connectivity index (χ0) is 29.1. The maximum Gasteiger partial charge on any atom is 0.417 e. The number of aryl methyl sites for hydroxylation is 1. The lowest BCUT2D eigenvalue weighted by molar-refractivity contribution is -0.0688. The number of benzene rings is 2. The van der Waals surface area contributed by atoms with Crippen molar-refractivity contribution >= 4 is 37.4 Å². The molecule has 3 N–H and O–H groups in total. The highest BCUT2D eigenvalue weighted by molar-refractivity contribution is 7.91. The number of rotatable bonds is 10. The third kappa shape index (κ3) is 7.31. The summed E-state index contributed by atoms with van der Waals surface area (Å²) in [6.07, 6.45) is -2.52. The summed E-state index contributed by atoms with van der Waals surface area (Å²) >= 11 is 0. The number of likely N-dealkylation sites (tertiary alicyclic amines) is 1. The monoisotopic (exact) mass is 577 g/mol.